The highest BCUT2D eigenvalue weighted by atomic mass is 79.9. The number of halogens is 1. The molecular formula is C17H20BrNO. The van der Waals surface area contributed by atoms with Crippen molar-refractivity contribution in [2.24, 2.45) is 0 Å². The summed E-state index contributed by atoms with van der Waals surface area (Å²) < 4.78 is 5.84. The lowest BCUT2D eigenvalue weighted by molar-refractivity contribution is 0.458. The van der Waals surface area contributed by atoms with Crippen molar-refractivity contribution in [1.29, 1.82) is 0 Å². The van der Waals surface area contributed by atoms with Crippen molar-refractivity contribution in [3.63, 3.8) is 0 Å². The van der Waals surface area contributed by atoms with Gasteiger partial charge in [0, 0.05) is 17.1 Å². The first-order valence-electron chi connectivity index (χ1n) is 7.01. The molecule has 0 saturated heterocycles. The van der Waals surface area contributed by atoms with Gasteiger partial charge in [-0.2, -0.15) is 0 Å². The van der Waals surface area contributed by atoms with Crippen LogP contribution in [-0.4, -0.2) is 4.98 Å². The zero-order valence-corrected chi connectivity index (χ0v) is 13.6. The van der Waals surface area contributed by atoms with Gasteiger partial charge in [-0.3, -0.25) is 0 Å². The van der Waals surface area contributed by atoms with E-state index < -0.39 is 0 Å². The fourth-order valence-corrected chi connectivity index (χ4v) is 2.32. The molecule has 0 bridgehead atoms. The van der Waals surface area contributed by atoms with E-state index in [9.17, 15) is 0 Å². The van der Waals surface area contributed by atoms with Crippen molar-refractivity contribution >= 4 is 15.9 Å². The smallest absolute Gasteiger partial charge is 0.222 e. The largest absolute Gasteiger partial charge is 0.439 e. The Morgan fingerprint density at radius 2 is 1.90 bits per heavy atom. The molecule has 0 amide bonds. The van der Waals surface area contributed by atoms with Gasteiger partial charge < -0.3 is 4.74 Å². The van der Waals surface area contributed by atoms with Crippen molar-refractivity contribution in [2.45, 2.75) is 38.4 Å². The normalized spacial score (nSPS) is 10.6. The molecule has 0 radical (unpaired) electrons. The fraction of sp³-hybridized carbons (Fsp3) is 0.353. The summed E-state index contributed by atoms with van der Waals surface area (Å²) in [5, 5.41) is 0.813. The third-order valence-corrected chi connectivity index (χ3v) is 3.85. The highest BCUT2D eigenvalue weighted by molar-refractivity contribution is 9.08. The standard InChI is InChI=1S/C17H20BrNO/c1-3-4-5-14-6-8-16(9-7-14)20-17-13(2)10-15(11-18)12-19-17/h6-10,12H,3-5,11H2,1-2H3. The van der Waals surface area contributed by atoms with Crippen LogP contribution in [0.4, 0.5) is 0 Å². The summed E-state index contributed by atoms with van der Waals surface area (Å²) in [6, 6.07) is 10.4. The maximum Gasteiger partial charge on any atom is 0.222 e. The Hall–Kier alpha value is -1.35. The average Bonchev–Trinajstić information content (AvgIpc) is 2.48. The van der Waals surface area contributed by atoms with Gasteiger partial charge in [0.15, 0.2) is 0 Å². The Kier molecular flexibility index (Phi) is 5.60. The van der Waals surface area contributed by atoms with E-state index in [2.05, 4.69) is 46.0 Å². The summed E-state index contributed by atoms with van der Waals surface area (Å²) in [6.07, 6.45) is 5.43. The number of nitrogens with zero attached hydrogens (tertiary/aromatic N) is 1. The number of alkyl halides is 1. The molecule has 2 aromatic rings. The summed E-state index contributed by atoms with van der Waals surface area (Å²) in [5.41, 5.74) is 3.57. The van der Waals surface area contributed by atoms with Crippen molar-refractivity contribution in [2.75, 3.05) is 0 Å². The number of aryl methyl sites for hydroxylation is 2. The van der Waals surface area contributed by atoms with Crippen LogP contribution in [0.2, 0.25) is 0 Å². The number of unbranched alkanes of at least 4 members (excludes halogenated alkanes) is 1. The van der Waals surface area contributed by atoms with Crippen LogP contribution in [0, 0.1) is 6.92 Å². The van der Waals surface area contributed by atoms with Crippen LogP contribution in [-0.2, 0) is 11.8 Å². The first-order valence-corrected chi connectivity index (χ1v) is 8.13. The summed E-state index contributed by atoms with van der Waals surface area (Å²) in [4.78, 5) is 4.36. The Morgan fingerprint density at radius 1 is 1.15 bits per heavy atom. The Labute approximate surface area is 129 Å². The second-order valence-electron chi connectivity index (χ2n) is 4.95. The molecule has 0 aliphatic heterocycles. The molecular weight excluding hydrogens is 314 g/mol. The quantitative estimate of drug-likeness (QED) is 0.658. The zero-order chi connectivity index (χ0) is 14.4. The SMILES string of the molecule is CCCCc1ccc(Oc2ncc(CBr)cc2C)cc1. The first kappa shape index (κ1) is 15.0. The topological polar surface area (TPSA) is 22.1 Å². The molecule has 0 atom stereocenters. The summed E-state index contributed by atoms with van der Waals surface area (Å²) >= 11 is 3.43. The third-order valence-electron chi connectivity index (χ3n) is 3.20. The summed E-state index contributed by atoms with van der Waals surface area (Å²) in [6.45, 7) is 4.23. The number of rotatable bonds is 6. The monoisotopic (exact) mass is 333 g/mol. The van der Waals surface area contributed by atoms with E-state index >= 15 is 0 Å². The van der Waals surface area contributed by atoms with E-state index in [1.807, 2.05) is 25.3 Å². The van der Waals surface area contributed by atoms with Crippen LogP contribution in [0.15, 0.2) is 36.5 Å². The van der Waals surface area contributed by atoms with Crippen LogP contribution in [0.25, 0.3) is 0 Å². The molecule has 3 heteroatoms. The summed E-state index contributed by atoms with van der Waals surface area (Å²) in [5.74, 6) is 1.52. The van der Waals surface area contributed by atoms with Crippen LogP contribution < -0.4 is 4.74 Å². The molecule has 2 nitrogen and oxygen atoms in total. The van der Waals surface area contributed by atoms with Crippen LogP contribution in [0.3, 0.4) is 0 Å². The number of pyridine rings is 1. The molecule has 0 saturated carbocycles. The van der Waals surface area contributed by atoms with Crippen molar-refractivity contribution < 1.29 is 4.74 Å². The van der Waals surface area contributed by atoms with E-state index in [-0.39, 0.29) is 0 Å². The molecule has 2 rings (SSSR count). The van der Waals surface area contributed by atoms with E-state index in [0.29, 0.717) is 5.88 Å². The number of hydrogen-bond acceptors (Lipinski definition) is 2. The van der Waals surface area contributed by atoms with Gasteiger partial charge in [-0.25, -0.2) is 4.98 Å². The van der Waals surface area contributed by atoms with Gasteiger partial charge in [-0.05, 0) is 49.1 Å². The van der Waals surface area contributed by atoms with Gasteiger partial charge in [-0.1, -0.05) is 41.4 Å². The van der Waals surface area contributed by atoms with Gasteiger partial charge in [0.05, 0.1) is 0 Å². The van der Waals surface area contributed by atoms with Crippen molar-refractivity contribution in [3.8, 4) is 11.6 Å². The van der Waals surface area contributed by atoms with E-state index in [1.54, 1.807) is 0 Å². The van der Waals surface area contributed by atoms with E-state index in [0.717, 1.165) is 28.6 Å². The van der Waals surface area contributed by atoms with E-state index in [4.69, 9.17) is 4.74 Å². The molecule has 0 unspecified atom stereocenters. The fourth-order valence-electron chi connectivity index (χ4n) is 2.02. The molecule has 0 spiro atoms. The van der Waals surface area contributed by atoms with Gasteiger partial charge in [0.1, 0.15) is 5.75 Å². The van der Waals surface area contributed by atoms with Crippen molar-refractivity contribution in [3.05, 3.63) is 53.2 Å². The Bertz CT molecular complexity index is 551. The third kappa shape index (κ3) is 4.07. The predicted molar refractivity (Wildman–Crippen MR) is 86.7 cm³/mol. The Balaban J connectivity index is 2.06. The summed E-state index contributed by atoms with van der Waals surface area (Å²) in [7, 11) is 0. The molecule has 0 fully saturated rings. The number of aromatic nitrogens is 1. The molecule has 1 aromatic heterocycles. The lowest BCUT2D eigenvalue weighted by atomic mass is 10.1. The maximum absolute atomic E-state index is 5.84. The van der Waals surface area contributed by atoms with Gasteiger partial charge in [0.2, 0.25) is 5.88 Å². The second kappa shape index (κ2) is 7.44. The molecule has 106 valence electrons. The minimum atomic E-state index is 0.677. The molecule has 0 aliphatic carbocycles. The minimum absolute atomic E-state index is 0.677. The van der Waals surface area contributed by atoms with Gasteiger partial charge >= 0.3 is 0 Å². The van der Waals surface area contributed by atoms with Crippen molar-refractivity contribution in [1.82, 2.24) is 4.98 Å². The number of benzene rings is 1. The number of ether oxygens (including phenoxy) is 1. The van der Waals surface area contributed by atoms with E-state index in [1.165, 1.54) is 18.4 Å². The van der Waals surface area contributed by atoms with Gasteiger partial charge in [0.25, 0.3) is 0 Å². The zero-order valence-electron chi connectivity index (χ0n) is 12.0. The molecule has 0 aliphatic rings. The minimum Gasteiger partial charge on any atom is -0.439 e. The van der Waals surface area contributed by atoms with Crippen LogP contribution in [0.5, 0.6) is 11.6 Å². The van der Waals surface area contributed by atoms with Crippen LogP contribution in [0.1, 0.15) is 36.5 Å². The molecule has 1 heterocycles. The van der Waals surface area contributed by atoms with Crippen LogP contribution >= 0.6 is 15.9 Å². The maximum atomic E-state index is 5.84. The lowest BCUT2D eigenvalue weighted by Gasteiger charge is -2.09. The lowest BCUT2D eigenvalue weighted by Crippen LogP contribution is -1.93. The molecule has 0 N–H and O–H groups in total. The predicted octanol–water partition coefficient (Wildman–Crippen LogP) is 5.42. The highest BCUT2D eigenvalue weighted by Crippen LogP contribution is 2.24. The highest BCUT2D eigenvalue weighted by Gasteiger charge is 2.04. The first-order chi connectivity index (χ1) is 9.72. The van der Waals surface area contributed by atoms with Gasteiger partial charge in [-0.15, -0.1) is 0 Å². The molecule has 20 heavy (non-hydrogen) atoms. The molecule has 1 aromatic carbocycles. The number of hydrogen-bond donors (Lipinski definition) is 0. The average molecular weight is 334 g/mol. The Morgan fingerprint density at radius 3 is 2.50 bits per heavy atom. The second-order valence-corrected chi connectivity index (χ2v) is 5.51.